The Bertz CT molecular complexity index is 2170. The molecule has 1 aliphatic rings. The van der Waals surface area contributed by atoms with Crippen LogP contribution in [-0.4, -0.2) is 83.1 Å². The van der Waals surface area contributed by atoms with Crippen LogP contribution in [0.4, 0.5) is 11.9 Å². The number of anilines is 2. The number of likely N-dealkylation sites (N-methyl/N-ethyl adjacent to an activating group) is 1. The molecule has 5 aromatic rings. The first-order valence-corrected chi connectivity index (χ1v) is 19.6. The first-order valence-electron chi connectivity index (χ1n) is 18.0. The summed E-state index contributed by atoms with van der Waals surface area (Å²) in [6.45, 7) is 5.44. The van der Waals surface area contributed by atoms with Gasteiger partial charge in [0.25, 0.3) is 0 Å². The van der Waals surface area contributed by atoms with E-state index in [4.69, 9.17) is 15.0 Å². The summed E-state index contributed by atoms with van der Waals surface area (Å²) in [6.07, 6.45) is 10.9. The summed E-state index contributed by atoms with van der Waals surface area (Å²) >= 11 is 0. The Morgan fingerprint density at radius 3 is 2.60 bits per heavy atom. The van der Waals surface area contributed by atoms with Gasteiger partial charge in [0.2, 0.25) is 21.9 Å². The van der Waals surface area contributed by atoms with Gasteiger partial charge < -0.3 is 15.5 Å². The number of allylic oxidation sites excluding steroid dienone is 1. The van der Waals surface area contributed by atoms with E-state index in [-0.39, 0.29) is 29.4 Å². The van der Waals surface area contributed by atoms with E-state index in [2.05, 4.69) is 58.6 Å². The zero-order valence-corrected chi connectivity index (χ0v) is 31.4. The Kier molecular flexibility index (Phi) is 11.6. The minimum absolute atomic E-state index is 0.0759. The molecule has 3 aromatic heterocycles. The molecule has 1 aliphatic carbocycles. The first kappa shape index (κ1) is 37.1. The number of ketones is 1. The molecule has 0 atom stereocenters. The van der Waals surface area contributed by atoms with Gasteiger partial charge in [-0.05, 0) is 87.3 Å². The standard InChI is InChI=1S/C39H49N9O3S/c1-26(2)35-24-43-48-37(35)45-38(44-31-15-12-27(13-16-31)25-52(50,51)40-3)46-39(48)42-23-30-9-6-7-11-33(30)36-34-17-14-28(21-29(34)18-19-41-36)22-32(49)10-8-20-47(4)5/h6-11,14,17-19,21,24,26-27,31,40H,12-13,15-16,20,22-23,25H2,1-5H3,(H2,42,44,45,46)/b10-8+. The highest BCUT2D eigenvalue weighted by Crippen LogP contribution is 2.32. The average Bonchev–Trinajstić information content (AvgIpc) is 3.56. The number of carbonyl (C=O) groups is 1. The van der Waals surface area contributed by atoms with Crippen molar-refractivity contribution in [3.63, 3.8) is 0 Å². The van der Waals surface area contributed by atoms with Crippen molar-refractivity contribution in [3.8, 4) is 11.3 Å². The van der Waals surface area contributed by atoms with E-state index in [1.807, 2.05) is 61.7 Å². The van der Waals surface area contributed by atoms with Crippen molar-refractivity contribution in [2.75, 3.05) is 44.1 Å². The van der Waals surface area contributed by atoms with Crippen LogP contribution in [0.5, 0.6) is 0 Å². The molecule has 0 spiro atoms. The molecule has 0 saturated heterocycles. The van der Waals surface area contributed by atoms with Gasteiger partial charge in [-0.15, -0.1) is 0 Å². The van der Waals surface area contributed by atoms with Crippen molar-refractivity contribution in [3.05, 3.63) is 89.8 Å². The molecule has 12 nitrogen and oxygen atoms in total. The molecular formula is C39H49N9O3S. The number of aromatic nitrogens is 5. The normalized spacial score (nSPS) is 16.8. The second-order valence-electron chi connectivity index (χ2n) is 14.2. The van der Waals surface area contributed by atoms with Gasteiger partial charge in [0.1, 0.15) is 0 Å². The summed E-state index contributed by atoms with van der Waals surface area (Å²) in [7, 11) is 2.18. The highest BCUT2D eigenvalue weighted by molar-refractivity contribution is 7.89. The van der Waals surface area contributed by atoms with Crippen LogP contribution in [0.2, 0.25) is 0 Å². The van der Waals surface area contributed by atoms with E-state index in [9.17, 15) is 13.2 Å². The predicted octanol–water partition coefficient (Wildman–Crippen LogP) is 5.82. The lowest BCUT2D eigenvalue weighted by atomic mass is 9.87. The molecule has 274 valence electrons. The fourth-order valence-corrected chi connectivity index (χ4v) is 7.94. The molecule has 0 amide bonds. The molecule has 0 radical (unpaired) electrons. The van der Waals surface area contributed by atoms with Gasteiger partial charge >= 0.3 is 0 Å². The number of sulfonamides is 1. The smallest absolute Gasteiger partial charge is 0.229 e. The number of nitrogens with one attached hydrogen (secondary N) is 3. The maximum Gasteiger partial charge on any atom is 0.229 e. The zero-order chi connectivity index (χ0) is 36.8. The molecule has 1 saturated carbocycles. The number of nitrogens with zero attached hydrogens (tertiary/aromatic N) is 6. The maximum atomic E-state index is 12.6. The third kappa shape index (κ3) is 9.01. The molecule has 52 heavy (non-hydrogen) atoms. The van der Waals surface area contributed by atoms with Gasteiger partial charge in [0.05, 0.1) is 17.6 Å². The van der Waals surface area contributed by atoms with Crippen molar-refractivity contribution >= 4 is 44.1 Å². The molecule has 2 aromatic carbocycles. The molecule has 0 bridgehead atoms. The highest BCUT2D eigenvalue weighted by atomic mass is 32.2. The molecular weight excluding hydrogens is 675 g/mol. The van der Waals surface area contributed by atoms with Crippen molar-refractivity contribution in [2.45, 2.75) is 64.5 Å². The summed E-state index contributed by atoms with van der Waals surface area (Å²) in [5.41, 5.74) is 5.65. The summed E-state index contributed by atoms with van der Waals surface area (Å²) in [4.78, 5) is 29.2. The number of benzene rings is 2. The van der Waals surface area contributed by atoms with Crippen LogP contribution in [-0.2, 0) is 27.8 Å². The van der Waals surface area contributed by atoms with Crippen LogP contribution in [0.3, 0.4) is 0 Å². The van der Waals surface area contributed by atoms with Crippen molar-refractivity contribution in [2.24, 2.45) is 5.92 Å². The lowest BCUT2D eigenvalue weighted by Crippen LogP contribution is -2.32. The quantitative estimate of drug-likeness (QED) is 0.113. The van der Waals surface area contributed by atoms with Crippen molar-refractivity contribution in [1.82, 2.24) is 34.2 Å². The van der Waals surface area contributed by atoms with E-state index >= 15 is 0 Å². The lowest BCUT2D eigenvalue weighted by molar-refractivity contribution is -0.114. The maximum absolute atomic E-state index is 12.6. The van der Waals surface area contributed by atoms with Crippen LogP contribution < -0.4 is 15.4 Å². The van der Waals surface area contributed by atoms with E-state index in [0.29, 0.717) is 24.9 Å². The molecule has 3 N–H and O–H groups in total. The Labute approximate surface area is 306 Å². The van der Waals surface area contributed by atoms with Crippen LogP contribution >= 0.6 is 0 Å². The first-order chi connectivity index (χ1) is 25.0. The molecule has 6 rings (SSSR count). The number of hydrogen-bond donors (Lipinski definition) is 3. The molecule has 3 heterocycles. The molecule has 1 fully saturated rings. The summed E-state index contributed by atoms with van der Waals surface area (Å²) in [5, 5.41) is 13.8. The van der Waals surface area contributed by atoms with Gasteiger partial charge in [-0.2, -0.15) is 19.6 Å². The monoisotopic (exact) mass is 723 g/mol. The van der Waals surface area contributed by atoms with E-state index < -0.39 is 10.0 Å². The van der Waals surface area contributed by atoms with E-state index in [1.54, 1.807) is 10.6 Å². The Balaban J connectivity index is 1.22. The van der Waals surface area contributed by atoms with Crippen molar-refractivity contribution in [1.29, 1.82) is 0 Å². The summed E-state index contributed by atoms with van der Waals surface area (Å²) in [5.74, 6) is 1.69. The topological polar surface area (TPSA) is 147 Å². The minimum atomic E-state index is -3.24. The molecule has 0 aliphatic heterocycles. The van der Waals surface area contributed by atoms with E-state index in [1.165, 1.54) is 7.05 Å². The SMILES string of the molecule is CNS(=O)(=O)CC1CCC(Nc2nc(NCc3ccccc3-c3nccc4cc(CC(=O)/C=C/CN(C)C)ccc34)n3ncc(C(C)C)c3n2)CC1. The third-order valence-electron chi connectivity index (χ3n) is 9.65. The average molecular weight is 724 g/mol. The number of pyridine rings is 1. The Morgan fingerprint density at radius 1 is 1.06 bits per heavy atom. The molecule has 0 unspecified atom stereocenters. The number of fused-ring (bicyclic) bond motifs is 2. The van der Waals surface area contributed by atoms with Crippen molar-refractivity contribution < 1.29 is 13.2 Å². The van der Waals surface area contributed by atoms with Crippen LogP contribution in [0.25, 0.3) is 27.7 Å². The number of carbonyl (C=O) groups excluding carboxylic acids is 1. The minimum Gasteiger partial charge on any atom is -0.351 e. The van der Waals surface area contributed by atoms with Gasteiger partial charge in [-0.3, -0.25) is 9.78 Å². The fraction of sp³-hybridized carbons (Fsp3) is 0.410. The highest BCUT2D eigenvalue weighted by Gasteiger charge is 2.26. The fourth-order valence-electron chi connectivity index (χ4n) is 6.82. The molecule has 13 heteroatoms. The number of hydrogen-bond acceptors (Lipinski definition) is 10. The second-order valence-corrected chi connectivity index (χ2v) is 16.2. The third-order valence-corrected chi connectivity index (χ3v) is 11.2. The van der Waals surface area contributed by atoms with Crippen LogP contribution in [0, 0.1) is 5.92 Å². The largest absolute Gasteiger partial charge is 0.351 e. The second kappa shape index (κ2) is 16.3. The van der Waals surface area contributed by atoms with Gasteiger partial charge in [-0.1, -0.05) is 62.4 Å². The predicted molar refractivity (Wildman–Crippen MR) is 208 cm³/mol. The number of rotatable bonds is 15. The Morgan fingerprint density at radius 2 is 1.85 bits per heavy atom. The summed E-state index contributed by atoms with van der Waals surface area (Å²) < 4.78 is 28.4. The van der Waals surface area contributed by atoms with Gasteiger partial charge in [0.15, 0.2) is 11.4 Å². The zero-order valence-electron chi connectivity index (χ0n) is 30.6. The lowest BCUT2D eigenvalue weighted by Gasteiger charge is -2.29. The van der Waals surface area contributed by atoms with Gasteiger partial charge in [-0.25, -0.2) is 13.1 Å². The van der Waals surface area contributed by atoms with Crippen LogP contribution in [0.15, 0.2) is 73.1 Å². The van der Waals surface area contributed by atoms with Crippen LogP contribution in [0.1, 0.15) is 62.1 Å². The van der Waals surface area contributed by atoms with E-state index in [0.717, 1.165) is 76.6 Å². The summed E-state index contributed by atoms with van der Waals surface area (Å²) in [6, 6.07) is 16.5. The Hall–Kier alpha value is -4.72. The van der Waals surface area contributed by atoms with Gasteiger partial charge in [0, 0.05) is 48.3 Å².